The van der Waals surface area contributed by atoms with Gasteiger partial charge in [0.2, 0.25) is 0 Å². The lowest BCUT2D eigenvalue weighted by Gasteiger charge is -1.91. The van der Waals surface area contributed by atoms with E-state index in [9.17, 15) is 12.3 Å². The second-order valence-corrected chi connectivity index (χ2v) is 4.49. The fraction of sp³-hybridized carbons (Fsp3) is 0.333. The highest BCUT2D eigenvalue weighted by Gasteiger charge is 2.15. The first-order valence-corrected chi connectivity index (χ1v) is 5.40. The first-order chi connectivity index (χ1) is 5.38. The summed E-state index contributed by atoms with van der Waals surface area (Å²) in [4.78, 5) is 0. The van der Waals surface area contributed by atoms with Crippen molar-refractivity contribution in [2.24, 2.45) is 0 Å². The van der Waals surface area contributed by atoms with Crippen molar-refractivity contribution in [2.45, 2.75) is 12.7 Å². The van der Waals surface area contributed by atoms with Crippen LogP contribution in [0.3, 0.4) is 0 Å². The Morgan fingerprint density at radius 2 is 2.25 bits per heavy atom. The summed E-state index contributed by atoms with van der Waals surface area (Å²) in [6.45, 7) is 1.65. The molecule has 0 atom stereocenters. The molecule has 0 spiro atoms. The maximum atomic E-state index is 12.2. The molecule has 0 radical (unpaired) electrons. The lowest BCUT2D eigenvalue weighted by molar-refractivity contribution is 0.489. The van der Waals surface area contributed by atoms with Gasteiger partial charge in [-0.15, -0.1) is 3.89 Å². The zero-order chi connectivity index (χ0) is 9.35. The van der Waals surface area contributed by atoms with Crippen molar-refractivity contribution in [3.05, 3.63) is 22.1 Å². The molecule has 0 saturated carbocycles. The van der Waals surface area contributed by atoms with Crippen LogP contribution in [0.1, 0.15) is 11.3 Å². The van der Waals surface area contributed by atoms with Gasteiger partial charge in [0, 0.05) is 0 Å². The van der Waals surface area contributed by atoms with E-state index in [0.717, 1.165) is 0 Å². The molecule has 3 nitrogen and oxygen atoms in total. The number of halogens is 2. The van der Waals surface area contributed by atoms with Crippen molar-refractivity contribution in [3.63, 3.8) is 0 Å². The number of hydrogen-bond acceptors (Lipinski definition) is 3. The third-order valence-corrected chi connectivity index (χ3v) is 2.29. The van der Waals surface area contributed by atoms with Gasteiger partial charge in [0.25, 0.3) is 0 Å². The molecule has 1 aromatic heterocycles. The molecule has 0 N–H and O–H groups in total. The van der Waals surface area contributed by atoms with Gasteiger partial charge in [-0.3, -0.25) is 0 Å². The lowest BCUT2D eigenvalue weighted by atomic mass is 10.3. The van der Waals surface area contributed by atoms with E-state index in [2.05, 4.69) is 15.9 Å². The van der Waals surface area contributed by atoms with Gasteiger partial charge in [0.05, 0.1) is 0 Å². The molecule has 6 heteroatoms. The van der Waals surface area contributed by atoms with Crippen LogP contribution in [0.25, 0.3) is 0 Å². The first-order valence-electron chi connectivity index (χ1n) is 3.05. The first kappa shape index (κ1) is 9.73. The van der Waals surface area contributed by atoms with Crippen LogP contribution in [-0.4, -0.2) is 8.42 Å². The number of rotatable bonds is 2. The van der Waals surface area contributed by atoms with Crippen LogP contribution in [-0.2, 0) is 16.0 Å². The Hall–Kier alpha value is -0.360. The minimum atomic E-state index is -4.50. The highest BCUT2D eigenvalue weighted by atomic mass is 79.9. The van der Waals surface area contributed by atoms with Gasteiger partial charge < -0.3 is 4.42 Å². The Morgan fingerprint density at radius 1 is 1.67 bits per heavy atom. The van der Waals surface area contributed by atoms with E-state index in [0.29, 0.717) is 10.2 Å². The van der Waals surface area contributed by atoms with Crippen LogP contribution < -0.4 is 0 Å². The Labute approximate surface area is 77.9 Å². The zero-order valence-corrected chi connectivity index (χ0v) is 8.58. The lowest BCUT2D eigenvalue weighted by Crippen LogP contribution is -1.95. The molecule has 0 bridgehead atoms. The third kappa shape index (κ3) is 2.60. The van der Waals surface area contributed by atoms with E-state index >= 15 is 0 Å². The van der Waals surface area contributed by atoms with E-state index in [-0.39, 0.29) is 5.76 Å². The second kappa shape index (κ2) is 3.18. The van der Waals surface area contributed by atoms with E-state index in [1.807, 2.05) is 0 Å². The summed E-state index contributed by atoms with van der Waals surface area (Å²) in [6, 6.07) is 1.58. The van der Waals surface area contributed by atoms with Crippen LogP contribution in [0.2, 0.25) is 0 Å². The molecule has 0 amide bonds. The van der Waals surface area contributed by atoms with Gasteiger partial charge in [-0.1, -0.05) is 0 Å². The van der Waals surface area contributed by atoms with E-state index < -0.39 is 16.0 Å². The Kier molecular flexibility index (Phi) is 2.58. The fourth-order valence-electron chi connectivity index (χ4n) is 0.778. The van der Waals surface area contributed by atoms with Crippen molar-refractivity contribution < 1.29 is 16.7 Å². The molecule has 68 valence electrons. The predicted octanol–water partition coefficient (Wildman–Crippen LogP) is 2.15. The highest BCUT2D eigenvalue weighted by Crippen LogP contribution is 2.21. The fourth-order valence-corrected chi connectivity index (χ4v) is 1.92. The minimum Gasteiger partial charge on any atom is -0.453 e. The predicted molar refractivity (Wildman–Crippen MR) is 44.9 cm³/mol. The van der Waals surface area contributed by atoms with Crippen LogP contribution >= 0.6 is 15.9 Å². The molecule has 0 unspecified atom stereocenters. The molecule has 0 aliphatic rings. The zero-order valence-electron chi connectivity index (χ0n) is 6.17. The summed E-state index contributed by atoms with van der Waals surface area (Å²) in [7, 11) is -4.50. The van der Waals surface area contributed by atoms with Crippen molar-refractivity contribution in [2.75, 3.05) is 0 Å². The quantitative estimate of drug-likeness (QED) is 0.762. The summed E-state index contributed by atoms with van der Waals surface area (Å²) < 4.78 is 37.9. The summed E-state index contributed by atoms with van der Waals surface area (Å²) >= 11 is 3.01. The van der Waals surface area contributed by atoms with Crippen molar-refractivity contribution in [1.29, 1.82) is 0 Å². The van der Waals surface area contributed by atoms with E-state index in [4.69, 9.17) is 4.42 Å². The van der Waals surface area contributed by atoms with Crippen LogP contribution in [0.5, 0.6) is 0 Å². The van der Waals surface area contributed by atoms with Gasteiger partial charge in [-0.05, 0) is 34.5 Å². The average Bonchev–Trinajstić information content (AvgIpc) is 2.06. The SMILES string of the molecule is Cc1cc(Br)oc1CS(=O)(=O)F. The summed E-state index contributed by atoms with van der Waals surface area (Å²) in [5, 5.41) is 0. The molecular weight excluding hydrogens is 251 g/mol. The number of aryl methyl sites for hydroxylation is 1. The normalized spacial score (nSPS) is 11.9. The van der Waals surface area contributed by atoms with E-state index in [1.165, 1.54) is 0 Å². The van der Waals surface area contributed by atoms with Crippen LogP contribution in [0, 0.1) is 6.92 Å². The van der Waals surface area contributed by atoms with Crippen LogP contribution in [0.15, 0.2) is 15.2 Å². The third-order valence-electron chi connectivity index (χ3n) is 1.29. The molecule has 0 fully saturated rings. The highest BCUT2D eigenvalue weighted by molar-refractivity contribution is 9.10. The molecule has 0 aromatic carbocycles. The van der Waals surface area contributed by atoms with E-state index in [1.54, 1.807) is 13.0 Å². The molecule has 1 heterocycles. The Balaban J connectivity index is 2.97. The summed E-state index contributed by atoms with van der Waals surface area (Å²) in [5.74, 6) is -0.575. The molecule has 12 heavy (non-hydrogen) atoms. The van der Waals surface area contributed by atoms with Gasteiger partial charge in [0.1, 0.15) is 11.5 Å². The number of furan rings is 1. The van der Waals surface area contributed by atoms with Gasteiger partial charge in [-0.25, -0.2) is 0 Å². The Bertz CT molecular complexity index is 381. The van der Waals surface area contributed by atoms with Crippen molar-refractivity contribution in [1.82, 2.24) is 0 Å². The van der Waals surface area contributed by atoms with Crippen LogP contribution in [0.4, 0.5) is 3.89 Å². The van der Waals surface area contributed by atoms with Gasteiger partial charge >= 0.3 is 10.2 Å². The molecule has 0 saturated heterocycles. The van der Waals surface area contributed by atoms with Crippen molar-refractivity contribution >= 4 is 26.2 Å². The second-order valence-electron chi connectivity index (χ2n) is 2.34. The molecule has 0 aliphatic heterocycles. The number of hydrogen-bond donors (Lipinski definition) is 0. The molecule has 1 rings (SSSR count). The maximum absolute atomic E-state index is 12.2. The standard InChI is InChI=1S/C6H6BrFO3S/c1-4-2-6(7)11-5(4)3-12(8,9)10/h2H,3H2,1H3. The Morgan fingerprint density at radius 3 is 2.58 bits per heavy atom. The smallest absolute Gasteiger partial charge is 0.309 e. The summed E-state index contributed by atoms with van der Waals surface area (Å²) in [5.41, 5.74) is 0.614. The largest absolute Gasteiger partial charge is 0.453 e. The summed E-state index contributed by atoms with van der Waals surface area (Å²) in [6.07, 6.45) is 0. The van der Waals surface area contributed by atoms with Gasteiger partial charge in [0.15, 0.2) is 4.67 Å². The maximum Gasteiger partial charge on any atom is 0.309 e. The van der Waals surface area contributed by atoms with Crippen molar-refractivity contribution in [3.8, 4) is 0 Å². The molecular formula is C6H6BrFO3S. The monoisotopic (exact) mass is 256 g/mol. The molecule has 1 aromatic rings. The minimum absolute atomic E-state index is 0.129. The molecule has 0 aliphatic carbocycles. The topological polar surface area (TPSA) is 47.3 Å². The average molecular weight is 257 g/mol. The van der Waals surface area contributed by atoms with Gasteiger partial charge in [-0.2, -0.15) is 8.42 Å².